The van der Waals surface area contributed by atoms with Gasteiger partial charge in [0, 0.05) is 29.9 Å². The zero-order valence-electron chi connectivity index (χ0n) is 15.3. The molecule has 0 radical (unpaired) electrons. The molecule has 3 aromatic rings. The highest BCUT2D eigenvalue weighted by molar-refractivity contribution is 6.05. The van der Waals surface area contributed by atoms with E-state index in [0.717, 1.165) is 11.2 Å². The lowest BCUT2D eigenvalue weighted by atomic mass is 9.97. The normalized spacial score (nSPS) is 11.9. The molecule has 26 heavy (non-hydrogen) atoms. The zero-order valence-corrected chi connectivity index (χ0v) is 15.3. The Hall–Kier alpha value is -2.87. The van der Waals surface area contributed by atoms with Crippen molar-refractivity contribution in [3.8, 4) is 11.3 Å². The van der Waals surface area contributed by atoms with E-state index >= 15 is 0 Å². The van der Waals surface area contributed by atoms with E-state index in [-0.39, 0.29) is 17.7 Å². The maximum Gasteiger partial charge on any atom is 0.269 e. The number of hydrogen-bond acceptors (Lipinski definition) is 6. The highest BCUT2D eigenvalue weighted by Crippen LogP contribution is 2.28. The molecule has 0 unspecified atom stereocenters. The first-order valence-electron chi connectivity index (χ1n) is 8.30. The number of aliphatic hydroxyl groups excluding tert-OH is 1. The van der Waals surface area contributed by atoms with Crippen molar-refractivity contribution in [2.24, 2.45) is 11.1 Å². The maximum atomic E-state index is 11.9. The highest BCUT2D eigenvalue weighted by atomic mass is 16.3. The minimum absolute atomic E-state index is 0.0209. The van der Waals surface area contributed by atoms with Crippen LogP contribution in [-0.4, -0.2) is 35.7 Å². The van der Waals surface area contributed by atoms with Crippen LogP contribution in [-0.2, 0) is 13.2 Å². The number of aryl methyl sites for hydroxylation is 1. The summed E-state index contributed by atoms with van der Waals surface area (Å²) in [5.74, 6) is -0.242. The van der Waals surface area contributed by atoms with Gasteiger partial charge in [0.1, 0.15) is 6.61 Å². The van der Waals surface area contributed by atoms with E-state index in [4.69, 9.17) is 10.8 Å². The van der Waals surface area contributed by atoms with Crippen LogP contribution in [0, 0.1) is 12.3 Å². The number of nitrogens with zero attached hydrogens (tertiary/aromatic N) is 5. The standard InChI is InChI=1S/C18H22N6O2/c1-10-16-12(15(17(19)26)23-24(16)9-18(2,3)4)5-13(22-10)11-6-20-14(8-25)21-7-11/h5-7,25H,8-9H2,1-4H3,(H2,19,26). The van der Waals surface area contributed by atoms with Crippen LogP contribution < -0.4 is 5.73 Å². The van der Waals surface area contributed by atoms with Gasteiger partial charge in [0.2, 0.25) is 0 Å². The van der Waals surface area contributed by atoms with Crippen LogP contribution in [0.25, 0.3) is 22.2 Å². The number of primary amides is 1. The van der Waals surface area contributed by atoms with Gasteiger partial charge in [-0.3, -0.25) is 14.5 Å². The highest BCUT2D eigenvalue weighted by Gasteiger charge is 2.22. The predicted octanol–water partition coefficient (Wildman–Crippen LogP) is 1.83. The molecule has 8 nitrogen and oxygen atoms in total. The van der Waals surface area contributed by atoms with E-state index in [2.05, 4.69) is 40.8 Å². The van der Waals surface area contributed by atoms with Crippen molar-refractivity contribution in [2.75, 3.05) is 0 Å². The molecule has 0 saturated heterocycles. The fraction of sp³-hybridized carbons (Fsp3) is 0.389. The molecule has 0 fully saturated rings. The molecule has 0 aliphatic heterocycles. The van der Waals surface area contributed by atoms with E-state index in [0.29, 0.717) is 29.0 Å². The zero-order chi connectivity index (χ0) is 19.1. The number of rotatable bonds is 4. The summed E-state index contributed by atoms with van der Waals surface area (Å²) in [7, 11) is 0. The van der Waals surface area contributed by atoms with Gasteiger partial charge in [-0.2, -0.15) is 5.10 Å². The minimum atomic E-state index is -0.578. The van der Waals surface area contributed by atoms with Gasteiger partial charge in [-0.05, 0) is 18.4 Å². The van der Waals surface area contributed by atoms with Crippen molar-refractivity contribution in [2.45, 2.75) is 40.8 Å². The Morgan fingerprint density at radius 3 is 2.46 bits per heavy atom. The summed E-state index contributed by atoms with van der Waals surface area (Å²) >= 11 is 0. The molecule has 3 rings (SSSR count). The van der Waals surface area contributed by atoms with E-state index in [1.165, 1.54) is 0 Å². The van der Waals surface area contributed by atoms with Gasteiger partial charge in [0.25, 0.3) is 5.91 Å². The van der Waals surface area contributed by atoms with Crippen molar-refractivity contribution >= 4 is 16.8 Å². The van der Waals surface area contributed by atoms with Crippen LogP contribution in [0.15, 0.2) is 18.5 Å². The van der Waals surface area contributed by atoms with Crippen molar-refractivity contribution < 1.29 is 9.90 Å². The second-order valence-corrected chi connectivity index (χ2v) is 7.47. The average molecular weight is 354 g/mol. The number of carbonyl (C=O) groups is 1. The summed E-state index contributed by atoms with van der Waals surface area (Å²) in [5.41, 5.74) is 8.60. The van der Waals surface area contributed by atoms with Crippen LogP contribution in [0.1, 0.15) is 42.8 Å². The number of hydrogen-bond donors (Lipinski definition) is 2. The molecule has 3 heterocycles. The summed E-state index contributed by atoms with van der Waals surface area (Å²) in [5, 5.41) is 14.2. The largest absolute Gasteiger partial charge is 0.388 e. The van der Waals surface area contributed by atoms with E-state index < -0.39 is 5.91 Å². The molecule has 3 N–H and O–H groups in total. The number of nitrogens with two attached hydrogens (primary N) is 1. The van der Waals surface area contributed by atoms with Gasteiger partial charge in [0.15, 0.2) is 11.5 Å². The van der Waals surface area contributed by atoms with Gasteiger partial charge >= 0.3 is 0 Å². The minimum Gasteiger partial charge on any atom is -0.388 e. The summed E-state index contributed by atoms with van der Waals surface area (Å²) in [6.07, 6.45) is 3.19. The van der Waals surface area contributed by atoms with Gasteiger partial charge in [-0.25, -0.2) is 9.97 Å². The Balaban J connectivity index is 2.20. The van der Waals surface area contributed by atoms with Crippen molar-refractivity contribution in [3.05, 3.63) is 35.7 Å². The van der Waals surface area contributed by atoms with Gasteiger partial charge < -0.3 is 10.8 Å². The van der Waals surface area contributed by atoms with Crippen LogP contribution in [0.4, 0.5) is 0 Å². The molecule has 3 aromatic heterocycles. The van der Waals surface area contributed by atoms with Gasteiger partial charge in [-0.1, -0.05) is 20.8 Å². The lowest BCUT2D eigenvalue weighted by Gasteiger charge is -2.19. The smallest absolute Gasteiger partial charge is 0.269 e. The molecule has 0 aromatic carbocycles. The van der Waals surface area contributed by atoms with Crippen molar-refractivity contribution in [1.82, 2.24) is 24.7 Å². The molecule has 0 atom stereocenters. The lowest BCUT2D eigenvalue weighted by molar-refractivity contribution is 0.0995. The molecular formula is C18H22N6O2. The fourth-order valence-corrected chi connectivity index (χ4v) is 2.86. The fourth-order valence-electron chi connectivity index (χ4n) is 2.86. The second-order valence-electron chi connectivity index (χ2n) is 7.47. The van der Waals surface area contributed by atoms with E-state index in [1.54, 1.807) is 23.1 Å². The lowest BCUT2D eigenvalue weighted by Crippen LogP contribution is -2.18. The third-order valence-corrected chi connectivity index (χ3v) is 3.90. The summed E-state index contributed by atoms with van der Waals surface area (Å²) < 4.78 is 1.80. The Kier molecular flexibility index (Phi) is 4.45. The molecule has 0 spiro atoms. The topological polar surface area (TPSA) is 120 Å². The predicted molar refractivity (Wildman–Crippen MR) is 97.2 cm³/mol. The number of aliphatic hydroxyl groups is 1. The number of carbonyl (C=O) groups excluding carboxylic acids is 1. The van der Waals surface area contributed by atoms with Gasteiger partial charge in [-0.15, -0.1) is 0 Å². The maximum absolute atomic E-state index is 11.9. The van der Waals surface area contributed by atoms with E-state index in [9.17, 15) is 4.79 Å². The Morgan fingerprint density at radius 1 is 1.27 bits per heavy atom. The van der Waals surface area contributed by atoms with Crippen molar-refractivity contribution in [3.63, 3.8) is 0 Å². The Bertz CT molecular complexity index is 970. The molecule has 0 saturated carbocycles. The first kappa shape index (κ1) is 17.9. The third-order valence-electron chi connectivity index (χ3n) is 3.90. The first-order chi connectivity index (χ1) is 12.2. The Morgan fingerprint density at radius 2 is 1.92 bits per heavy atom. The molecule has 0 aliphatic rings. The Labute approximate surface area is 151 Å². The monoisotopic (exact) mass is 354 g/mol. The molecule has 0 bridgehead atoms. The molecule has 1 amide bonds. The van der Waals surface area contributed by atoms with Crippen LogP contribution in [0.2, 0.25) is 0 Å². The summed E-state index contributed by atoms with van der Waals surface area (Å²) in [4.78, 5) is 24.7. The number of fused-ring (bicyclic) bond motifs is 1. The molecule has 0 aliphatic carbocycles. The molecule has 8 heteroatoms. The summed E-state index contributed by atoms with van der Waals surface area (Å²) in [6, 6.07) is 1.78. The van der Waals surface area contributed by atoms with E-state index in [1.807, 2.05) is 6.92 Å². The SMILES string of the molecule is Cc1nc(-c2cnc(CO)nc2)cc2c(C(N)=O)nn(CC(C)(C)C)c12. The first-order valence-corrected chi connectivity index (χ1v) is 8.30. The molecular weight excluding hydrogens is 332 g/mol. The number of amides is 1. The third kappa shape index (κ3) is 3.41. The quantitative estimate of drug-likeness (QED) is 0.737. The average Bonchev–Trinajstić information content (AvgIpc) is 2.92. The summed E-state index contributed by atoms with van der Waals surface area (Å²) in [6.45, 7) is 8.58. The van der Waals surface area contributed by atoms with Crippen LogP contribution >= 0.6 is 0 Å². The van der Waals surface area contributed by atoms with Crippen LogP contribution in [0.5, 0.6) is 0 Å². The van der Waals surface area contributed by atoms with Crippen LogP contribution in [0.3, 0.4) is 0 Å². The number of aromatic nitrogens is 5. The van der Waals surface area contributed by atoms with Gasteiger partial charge in [0.05, 0.1) is 16.9 Å². The molecule has 136 valence electrons. The second kappa shape index (κ2) is 6.45. The number of pyridine rings is 1. The van der Waals surface area contributed by atoms with Crippen molar-refractivity contribution in [1.29, 1.82) is 0 Å².